The summed E-state index contributed by atoms with van der Waals surface area (Å²) in [4.78, 5) is 11.9. The number of rotatable bonds is 5. The van der Waals surface area contributed by atoms with Gasteiger partial charge in [0.2, 0.25) is 0 Å². The van der Waals surface area contributed by atoms with Crippen LogP contribution in [0.2, 0.25) is 0 Å². The number of hydrogen-bond acceptors (Lipinski definition) is 2. The first-order chi connectivity index (χ1) is 7.69. The van der Waals surface area contributed by atoms with Crippen LogP contribution < -0.4 is 10.1 Å². The Balaban J connectivity index is 2.81. The van der Waals surface area contributed by atoms with Crippen molar-refractivity contribution in [3.8, 4) is 5.75 Å². The van der Waals surface area contributed by atoms with Crippen LogP contribution in [-0.2, 0) is 0 Å². The Hall–Kier alpha value is -1.51. The third-order valence-corrected chi connectivity index (χ3v) is 2.42. The zero-order valence-electron chi connectivity index (χ0n) is 10.1. The summed E-state index contributed by atoms with van der Waals surface area (Å²) >= 11 is 0. The van der Waals surface area contributed by atoms with Gasteiger partial charge in [0.15, 0.2) is 0 Å². The van der Waals surface area contributed by atoms with Gasteiger partial charge in [-0.25, -0.2) is 0 Å². The van der Waals surface area contributed by atoms with E-state index >= 15 is 0 Å². The second-order valence-corrected chi connectivity index (χ2v) is 3.71. The molecule has 0 heterocycles. The zero-order valence-corrected chi connectivity index (χ0v) is 10.1. The molecule has 0 aromatic heterocycles. The number of carbonyl (C=O) groups is 1. The standard InChI is InChI=1S/C13H19NO2/c1-4-10(3)14-13(15)11-8-6-7-9-12(11)16-5-2/h6-10H,4-5H2,1-3H3,(H,14,15)/t10-/m1/s1. The van der Waals surface area contributed by atoms with Gasteiger partial charge in [0.05, 0.1) is 12.2 Å². The largest absolute Gasteiger partial charge is 0.493 e. The van der Waals surface area contributed by atoms with E-state index in [1.54, 1.807) is 6.07 Å². The second-order valence-electron chi connectivity index (χ2n) is 3.71. The summed E-state index contributed by atoms with van der Waals surface area (Å²) in [5.41, 5.74) is 0.602. The highest BCUT2D eigenvalue weighted by atomic mass is 16.5. The summed E-state index contributed by atoms with van der Waals surface area (Å²) in [6, 6.07) is 7.48. The first kappa shape index (κ1) is 12.6. The molecular weight excluding hydrogens is 202 g/mol. The van der Waals surface area contributed by atoms with E-state index in [0.29, 0.717) is 17.9 Å². The minimum atomic E-state index is -0.0709. The van der Waals surface area contributed by atoms with Crippen molar-refractivity contribution < 1.29 is 9.53 Å². The van der Waals surface area contributed by atoms with E-state index in [1.807, 2.05) is 39.0 Å². The number of hydrogen-bond donors (Lipinski definition) is 1. The van der Waals surface area contributed by atoms with Gasteiger partial charge >= 0.3 is 0 Å². The van der Waals surface area contributed by atoms with Crippen molar-refractivity contribution in [3.05, 3.63) is 29.8 Å². The molecule has 0 bridgehead atoms. The van der Waals surface area contributed by atoms with Gasteiger partial charge in [-0.15, -0.1) is 0 Å². The van der Waals surface area contributed by atoms with Crippen molar-refractivity contribution in [2.24, 2.45) is 0 Å². The summed E-state index contributed by atoms with van der Waals surface area (Å²) in [5, 5.41) is 2.93. The predicted octanol–water partition coefficient (Wildman–Crippen LogP) is 2.61. The van der Waals surface area contributed by atoms with Gasteiger partial charge in [-0.3, -0.25) is 4.79 Å². The Morgan fingerprint density at radius 3 is 2.69 bits per heavy atom. The van der Waals surface area contributed by atoms with Gasteiger partial charge in [0.1, 0.15) is 5.75 Å². The van der Waals surface area contributed by atoms with Gasteiger partial charge in [0, 0.05) is 6.04 Å². The molecule has 0 aliphatic rings. The molecule has 1 amide bonds. The summed E-state index contributed by atoms with van der Waals surface area (Å²) in [7, 11) is 0. The first-order valence-electron chi connectivity index (χ1n) is 5.71. The van der Waals surface area contributed by atoms with Crippen LogP contribution in [0.3, 0.4) is 0 Å². The third-order valence-electron chi connectivity index (χ3n) is 2.42. The average molecular weight is 221 g/mol. The fraction of sp³-hybridized carbons (Fsp3) is 0.462. The highest BCUT2D eigenvalue weighted by Crippen LogP contribution is 2.17. The van der Waals surface area contributed by atoms with Gasteiger partial charge in [-0.05, 0) is 32.4 Å². The van der Waals surface area contributed by atoms with E-state index in [1.165, 1.54) is 0 Å². The van der Waals surface area contributed by atoms with Crippen molar-refractivity contribution in [3.63, 3.8) is 0 Å². The topological polar surface area (TPSA) is 38.3 Å². The molecule has 16 heavy (non-hydrogen) atoms. The Bertz CT molecular complexity index is 350. The average Bonchev–Trinajstić information content (AvgIpc) is 2.30. The molecule has 3 heteroatoms. The Morgan fingerprint density at radius 1 is 1.38 bits per heavy atom. The van der Waals surface area contributed by atoms with Crippen LogP contribution in [0.4, 0.5) is 0 Å². The second kappa shape index (κ2) is 6.16. The minimum Gasteiger partial charge on any atom is -0.493 e. The normalized spacial score (nSPS) is 11.9. The van der Waals surface area contributed by atoms with Crippen LogP contribution in [0.15, 0.2) is 24.3 Å². The maximum atomic E-state index is 11.9. The van der Waals surface area contributed by atoms with Crippen molar-refractivity contribution in [1.82, 2.24) is 5.32 Å². The molecule has 1 aromatic carbocycles. The molecule has 1 N–H and O–H groups in total. The van der Waals surface area contributed by atoms with Crippen molar-refractivity contribution in [1.29, 1.82) is 0 Å². The molecule has 88 valence electrons. The van der Waals surface area contributed by atoms with E-state index in [9.17, 15) is 4.79 Å². The molecule has 3 nitrogen and oxygen atoms in total. The van der Waals surface area contributed by atoms with Crippen molar-refractivity contribution in [2.75, 3.05) is 6.61 Å². The lowest BCUT2D eigenvalue weighted by atomic mass is 10.1. The van der Waals surface area contributed by atoms with E-state index in [4.69, 9.17) is 4.74 Å². The molecule has 1 atom stereocenters. The van der Waals surface area contributed by atoms with Crippen LogP contribution in [-0.4, -0.2) is 18.6 Å². The van der Waals surface area contributed by atoms with Gasteiger partial charge in [-0.2, -0.15) is 0 Å². The maximum Gasteiger partial charge on any atom is 0.255 e. The highest BCUT2D eigenvalue weighted by Gasteiger charge is 2.12. The van der Waals surface area contributed by atoms with Crippen LogP contribution in [0.1, 0.15) is 37.6 Å². The fourth-order valence-corrected chi connectivity index (χ4v) is 1.34. The lowest BCUT2D eigenvalue weighted by Gasteiger charge is -2.13. The van der Waals surface area contributed by atoms with Crippen LogP contribution >= 0.6 is 0 Å². The number of benzene rings is 1. The summed E-state index contributed by atoms with van der Waals surface area (Å²) in [6.45, 7) is 6.50. The SMILES string of the molecule is CCOc1ccccc1C(=O)N[C@H](C)CC. The molecular formula is C13H19NO2. The number of carbonyl (C=O) groups excluding carboxylic acids is 1. The Labute approximate surface area is 96.8 Å². The molecule has 0 saturated carbocycles. The quantitative estimate of drug-likeness (QED) is 0.830. The molecule has 0 saturated heterocycles. The predicted molar refractivity (Wildman–Crippen MR) is 64.8 cm³/mol. The number of amides is 1. The Morgan fingerprint density at radius 2 is 2.06 bits per heavy atom. The highest BCUT2D eigenvalue weighted by molar-refractivity contribution is 5.97. The fourth-order valence-electron chi connectivity index (χ4n) is 1.34. The Kier molecular flexibility index (Phi) is 4.83. The molecule has 0 aliphatic heterocycles. The summed E-state index contributed by atoms with van der Waals surface area (Å²) in [5.74, 6) is 0.573. The van der Waals surface area contributed by atoms with Crippen LogP contribution in [0.25, 0.3) is 0 Å². The van der Waals surface area contributed by atoms with Gasteiger partial charge in [-0.1, -0.05) is 19.1 Å². The number of nitrogens with one attached hydrogen (secondary N) is 1. The lowest BCUT2D eigenvalue weighted by Crippen LogP contribution is -2.32. The maximum absolute atomic E-state index is 11.9. The third kappa shape index (κ3) is 3.26. The van der Waals surface area contributed by atoms with Gasteiger partial charge in [0.25, 0.3) is 5.91 Å². The van der Waals surface area contributed by atoms with Crippen molar-refractivity contribution >= 4 is 5.91 Å². The van der Waals surface area contributed by atoms with E-state index in [-0.39, 0.29) is 11.9 Å². The molecule has 0 fully saturated rings. The lowest BCUT2D eigenvalue weighted by molar-refractivity contribution is 0.0935. The molecule has 0 unspecified atom stereocenters. The molecule has 0 spiro atoms. The van der Waals surface area contributed by atoms with E-state index in [0.717, 1.165) is 6.42 Å². The smallest absolute Gasteiger partial charge is 0.255 e. The van der Waals surface area contributed by atoms with Crippen LogP contribution in [0.5, 0.6) is 5.75 Å². The minimum absolute atomic E-state index is 0.0709. The monoisotopic (exact) mass is 221 g/mol. The van der Waals surface area contributed by atoms with E-state index < -0.39 is 0 Å². The van der Waals surface area contributed by atoms with Crippen molar-refractivity contribution in [2.45, 2.75) is 33.2 Å². The number of para-hydroxylation sites is 1. The zero-order chi connectivity index (χ0) is 12.0. The van der Waals surface area contributed by atoms with Gasteiger partial charge < -0.3 is 10.1 Å². The molecule has 0 aliphatic carbocycles. The van der Waals surface area contributed by atoms with Crippen LogP contribution in [0, 0.1) is 0 Å². The molecule has 1 aromatic rings. The first-order valence-corrected chi connectivity index (χ1v) is 5.71. The summed E-state index contributed by atoms with van der Waals surface area (Å²) < 4.78 is 5.41. The molecule has 1 rings (SSSR count). The number of ether oxygens (including phenoxy) is 1. The van der Waals surface area contributed by atoms with E-state index in [2.05, 4.69) is 5.32 Å². The summed E-state index contributed by atoms with van der Waals surface area (Å²) in [6.07, 6.45) is 0.919. The molecule has 0 radical (unpaired) electrons.